The average molecular weight is 556 g/mol. The van der Waals surface area contributed by atoms with E-state index in [9.17, 15) is 14.2 Å². The first kappa shape index (κ1) is 28.1. The molecule has 4 aromatic rings. The molecule has 1 unspecified atom stereocenters. The van der Waals surface area contributed by atoms with Gasteiger partial charge in [-0.25, -0.2) is 19.6 Å². The number of aliphatic imine (C=N–C) groups is 1. The molecule has 0 bridgehead atoms. The van der Waals surface area contributed by atoms with Crippen LogP contribution in [0.25, 0.3) is 21.9 Å². The number of aromatic nitrogens is 4. The SMILES string of the molecule is CC(=O)[C@H](C)NP(=O)(OCCOCn1cnc2c(=O)[nH]c(N=CN(C)C)nc21)Oc1cccc2ccccc12. The van der Waals surface area contributed by atoms with E-state index in [2.05, 4.69) is 25.0 Å². The number of hydrogen-bond acceptors (Lipinski definition) is 9. The molecule has 0 aliphatic rings. The molecule has 2 aromatic carbocycles. The van der Waals surface area contributed by atoms with Gasteiger partial charge in [-0.1, -0.05) is 36.4 Å². The molecule has 2 atom stereocenters. The molecule has 0 aliphatic carbocycles. The van der Waals surface area contributed by atoms with Crippen molar-refractivity contribution in [3.05, 3.63) is 59.1 Å². The molecule has 0 radical (unpaired) electrons. The van der Waals surface area contributed by atoms with Gasteiger partial charge in [-0.2, -0.15) is 4.98 Å². The minimum Gasteiger partial charge on any atom is -0.413 e. The zero-order valence-electron chi connectivity index (χ0n) is 22.0. The summed E-state index contributed by atoms with van der Waals surface area (Å²) >= 11 is 0. The van der Waals surface area contributed by atoms with E-state index < -0.39 is 19.3 Å². The summed E-state index contributed by atoms with van der Waals surface area (Å²) in [5, 5.41) is 4.35. The molecule has 39 heavy (non-hydrogen) atoms. The highest BCUT2D eigenvalue weighted by Gasteiger charge is 2.31. The van der Waals surface area contributed by atoms with Crippen molar-refractivity contribution in [3.63, 3.8) is 0 Å². The third-order valence-corrected chi connectivity index (χ3v) is 7.19. The summed E-state index contributed by atoms with van der Waals surface area (Å²) in [6, 6.07) is 12.1. The number of imidazole rings is 1. The zero-order chi connectivity index (χ0) is 28.0. The molecule has 0 spiro atoms. The Bertz CT molecular complexity index is 1590. The largest absolute Gasteiger partial charge is 0.459 e. The molecule has 0 saturated heterocycles. The maximum absolute atomic E-state index is 13.6. The van der Waals surface area contributed by atoms with Gasteiger partial charge in [-0.3, -0.25) is 23.7 Å². The Morgan fingerprint density at radius 1 is 1.23 bits per heavy atom. The Labute approximate surface area is 224 Å². The van der Waals surface area contributed by atoms with Gasteiger partial charge in [0.2, 0.25) is 5.95 Å². The van der Waals surface area contributed by atoms with Gasteiger partial charge >= 0.3 is 7.75 Å². The minimum absolute atomic E-state index is 0.00108. The topological polar surface area (TPSA) is 153 Å². The monoisotopic (exact) mass is 555 g/mol. The smallest absolute Gasteiger partial charge is 0.413 e. The molecule has 0 saturated carbocycles. The number of benzene rings is 2. The summed E-state index contributed by atoms with van der Waals surface area (Å²) in [4.78, 5) is 41.0. The number of nitrogens with zero attached hydrogens (tertiary/aromatic N) is 5. The lowest BCUT2D eigenvalue weighted by atomic mass is 10.1. The second kappa shape index (κ2) is 12.3. The Morgan fingerprint density at radius 2 is 2.00 bits per heavy atom. The van der Waals surface area contributed by atoms with Crippen LogP contribution in [0.3, 0.4) is 0 Å². The summed E-state index contributed by atoms with van der Waals surface area (Å²) in [7, 11) is -0.383. The van der Waals surface area contributed by atoms with Crippen molar-refractivity contribution in [1.82, 2.24) is 29.5 Å². The van der Waals surface area contributed by atoms with Gasteiger partial charge in [0.15, 0.2) is 11.2 Å². The number of hydrogen-bond donors (Lipinski definition) is 2. The van der Waals surface area contributed by atoms with E-state index in [1.807, 2.05) is 30.3 Å². The summed E-state index contributed by atoms with van der Waals surface area (Å²) in [5.74, 6) is 0.262. The number of rotatable bonds is 13. The number of ether oxygens (including phenoxy) is 1. The molecule has 13 nitrogen and oxygen atoms in total. The molecule has 14 heteroatoms. The fourth-order valence-electron chi connectivity index (χ4n) is 3.47. The van der Waals surface area contributed by atoms with Crippen molar-refractivity contribution in [1.29, 1.82) is 0 Å². The van der Waals surface area contributed by atoms with Gasteiger partial charge in [0.05, 0.1) is 31.9 Å². The van der Waals surface area contributed by atoms with Gasteiger partial charge in [0.25, 0.3) is 5.56 Å². The highest BCUT2D eigenvalue weighted by molar-refractivity contribution is 7.52. The summed E-state index contributed by atoms with van der Waals surface area (Å²) < 4.78 is 32.3. The van der Waals surface area contributed by atoms with Crippen LogP contribution >= 0.6 is 7.75 Å². The molecule has 0 amide bonds. The maximum Gasteiger partial charge on any atom is 0.459 e. The Balaban J connectivity index is 1.43. The Morgan fingerprint density at radius 3 is 2.77 bits per heavy atom. The van der Waals surface area contributed by atoms with Gasteiger partial charge in [-0.05, 0) is 25.3 Å². The maximum atomic E-state index is 13.6. The van der Waals surface area contributed by atoms with Crippen molar-refractivity contribution in [3.8, 4) is 5.75 Å². The quantitative estimate of drug-likeness (QED) is 0.109. The second-order valence-corrected chi connectivity index (χ2v) is 10.6. The predicted molar refractivity (Wildman–Crippen MR) is 147 cm³/mol. The van der Waals surface area contributed by atoms with Crippen molar-refractivity contribution < 1.29 is 23.1 Å². The number of ketones is 1. The highest BCUT2D eigenvalue weighted by atomic mass is 31.2. The van der Waals surface area contributed by atoms with Crippen molar-refractivity contribution in [2.45, 2.75) is 26.6 Å². The summed E-state index contributed by atoms with van der Waals surface area (Å²) in [6.45, 7) is 2.87. The zero-order valence-corrected chi connectivity index (χ0v) is 22.9. The number of nitrogens with one attached hydrogen (secondary N) is 2. The van der Waals surface area contributed by atoms with Crippen LogP contribution in [0.1, 0.15) is 13.8 Å². The number of Topliss-reactive ketones (excluding diaryl/α,β-unsaturated/α-hetero) is 1. The Hall–Kier alpha value is -3.90. The third kappa shape index (κ3) is 7.15. The van der Waals surface area contributed by atoms with Gasteiger partial charge in [-0.15, -0.1) is 0 Å². The standard InChI is InChI=1S/C25H30N7O6P/c1-17(18(2)33)30-39(35,38-21-11-7-9-19-8-5-6-10-20(19)21)37-13-12-36-16-32-15-26-22-23(32)28-25(29-24(22)34)27-14-31(3)4/h5-11,14-15,17H,12-13,16H2,1-4H3,(H,30,35)(H,28,29,34)/t17-,39?/m0/s1. The Kier molecular flexibility index (Phi) is 8.87. The van der Waals surface area contributed by atoms with Crippen LogP contribution in [0, 0.1) is 0 Å². The van der Waals surface area contributed by atoms with E-state index in [4.69, 9.17) is 13.8 Å². The number of fused-ring (bicyclic) bond motifs is 2. The van der Waals surface area contributed by atoms with Crippen molar-refractivity contribution in [2.24, 2.45) is 4.99 Å². The molecule has 0 aliphatic heterocycles. The predicted octanol–water partition coefficient (Wildman–Crippen LogP) is 3.24. The van der Waals surface area contributed by atoms with Crippen LogP contribution in [0.2, 0.25) is 0 Å². The lowest BCUT2D eigenvalue weighted by Gasteiger charge is -2.23. The fraction of sp³-hybridized carbons (Fsp3) is 0.320. The molecule has 2 N–H and O–H groups in total. The summed E-state index contributed by atoms with van der Waals surface area (Å²) in [6.07, 6.45) is 2.94. The molecule has 2 aromatic heterocycles. The lowest BCUT2D eigenvalue weighted by Crippen LogP contribution is -2.32. The van der Waals surface area contributed by atoms with Crippen LogP contribution < -0.4 is 15.2 Å². The average Bonchev–Trinajstić information content (AvgIpc) is 3.31. The minimum atomic E-state index is -3.97. The molecule has 206 valence electrons. The van der Waals surface area contributed by atoms with Crippen molar-refractivity contribution >= 4 is 47.8 Å². The fourth-order valence-corrected chi connectivity index (χ4v) is 5.04. The van der Waals surface area contributed by atoms with E-state index in [1.54, 1.807) is 42.6 Å². The van der Waals surface area contributed by atoms with Crippen LogP contribution in [0.4, 0.5) is 5.95 Å². The number of carbonyl (C=O) groups excluding carboxylic acids is 1. The normalized spacial score (nSPS) is 14.1. The first-order valence-corrected chi connectivity index (χ1v) is 13.6. The van der Waals surface area contributed by atoms with Crippen LogP contribution in [0.15, 0.2) is 58.6 Å². The van der Waals surface area contributed by atoms with Crippen LogP contribution in [-0.2, 0) is 25.4 Å². The number of carbonyl (C=O) groups is 1. The van der Waals surface area contributed by atoms with E-state index in [0.29, 0.717) is 11.4 Å². The molecular weight excluding hydrogens is 525 g/mol. The summed E-state index contributed by atoms with van der Waals surface area (Å²) in [5.41, 5.74) is 0.0201. The van der Waals surface area contributed by atoms with Gasteiger partial charge in [0, 0.05) is 19.5 Å². The highest BCUT2D eigenvalue weighted by Crippen LogP contribution is 2.46. The second-order valence-electron chi connectivity index (χ2n) is 8.88. The van der Waals surface area contributed by atoms with E-state index in [0.717, 1.165) is 10.8 Å². The van der Waals surface area contributed by atoms with E-state index >= 15 is 0 Å². The first-order chi connectivity index (χ1) is 18.6. The van der Waals surface area contributed by atoms with Crippen molar-refractivity contribution in [2.75, 3.05) is 27.3 Å². The lowest BCUT2D eigenvalue weighted by molar-refractivity contribution is -0.118. The third-order valence-electron chi connectivity index (χ3n) is 5.52. The van der Waals surface area contributed by atoms with Gasteiger partial charge in [0.1, 0.15) is 18.3 Å². The molecular formula is C25H30N7O6P. The molecule has 4 rings (SSSR count). The number of H-pyrrole nitrogens is 1. The van der Waals surface area contributed by atoms with E-state index in [-0.39, 0.29) is 37.2 Å². The molecule has 2 heterocycles. The van der Waals surface area contributed by atoms with Crippen LogP contribution in [-0.4, -0.2) is 69.9 Å². The molecule has 0 fully saturated rings. The van der Waals surface area contributed by atoms with E-state index in [1.165, 1.54) is 19.6 Å². The first-order valence-electron chi connectivity index (χ1n) is 12.1. The number of aromatic amines is 1. The van der Waals surface area contributed by atoms with Gasteiger partial charge < -0.3 is 14.2 Å². The van der Waals surface area contributed by atoms with Crippen LogP contribution in [0.5, 0.6) is 5.75 Å².